The number of hydrogen-bond donors (Lipinski definition) is 0. The number of nitrogens with zero attached hydrogens (tertiary/aromatic N) is 1. The van der Waals surface area contributed by atoms with E-state index in [1.165, 1.54) is 0 Å². The van der Waals surface area contributed by atoms with Crippen LogP contribution in [0.1, 0.15) is 17.8 Å². The second-order valence-electron chi connectivity index (χ2n) is 2.94. The average molecular weight is 191 g/mol. The molecular weight excluding hydrogens is 182 g/mol. The number of fused-ring (bicyclic) bond motifs is 1. The lowest BCUT2D eigenvalue weighted by Gasteiger charge is -1.93. The molecule has 0 saturated heterocycles. The average Bonchev–Trinajstić information content (AvgIpc) is 2.59. The molecule has 0 aliphatic rings. The van der Waals surface area contributed by atoms with Gasteiger partial charge in [0.1, 0.15) is 11.3 Å². The highest BCUT2D eigenvalue weighted by molar-refractivity contribution is 7.18. The van der Waals surface area contributed by atoms with Crippen LogP contribution in [0.2, 0.25) is 0 Å². The lowest BCUT2D eigenvalue weighted by molar-refractivity contribution is -0.108. The fourth-order valence-corrected chi connectivity index (χ4v) is 2.12. The molecule has 1 unspecified atom stereocenters. The van der Waals surface area contributed by atoms with Crippen molar-refractivity contribution < 1.29 is 4.79 Å². The Labute approximate surface area is 80.2 Å². The van der Waals surface area contributed by atoms with Gasteiger partial charge in [0.15, 0.2) is 0 Å². The van der Waals surface area contributed by atoms with Gasteiger partial charge < -0.3 is 4.79 Å². The summed E-state index contributed by atoms with van der Waals surface area (Å²) in [6, 6.07) is 7.92. The zero-order valence-electron chi connectivity index (χ0n) is 7.23. The smallest absolute Gasteiger partial charge is 0.129 e. The third-order valence-electron chi connectivity index (χ3n) is 1.90. The summed E-state index contributed by atoms with van der Waals surface area (Å²) < 4.78 is 1.14. The molecule has 13 heavy (non-hydrogen) atoms. The Morgan fingerprint density at radius 3 is 2.92 bits per heavy atom. The van der Waals surface area contributed by atoms with Crippen molar-refractivity contribution in [3.8, 4) is 0 Å². The SMILES string of the molecule is CC(C=O)c1nc2ccccc2s1. The quantitative estimate of drug-likeness (QED) is 0.683. The minimum absolute atomic E-state index is 0.0857. The van der Waals surface area contributed by atoms with Crippen LogP contribution in [-0.4, -0.2) is 11.3 Å². The Morgan fingerprint density at radius 1 is 1.46 bits per heavy atom. The van der Waals surface area contributed by atoms with E-state index in [1.807, 2.05) is 31.2 Å². The summed E-state index contributed by atoms with van der Waals surface area (Å²) >= 11 is 1.59. The number of aldehydes is 1. The minimum atomic E-state index is -0.0857. The van der Waals surface area contributed by atoms with Crippen molar-refractivity contribution in [2.75, 3.05) is 0 Å². The highest BCUT2D eigenvalue weighted by atomic mass is 32.1. The molecule has 3 heteroatoms. The maximum Gasteiger partial charge on any atom is 0.129 e. The molecule has 1 aromatic carbocycles. The van der Waals surface area contributed by atoms with Gasteiger partial charge >= 0.3 is 0 Å². The molecule has 2 nitrogen and oxygen atoms in total. The molecule has 0 radical (unpaired) electrons. The van der Waals surface area contributed by atoms with Crippen molar-refractivity contribution in [2.45, 2.75) is 12.8 Å². The standard InChI is InChI=1S/C10H9NOS/c1-7(6-12)10-11-8-4-2-3-5-9(8)13-10/h2-7H,1H3. The summed E-state index contributed by atoms with van der Waals surface area (Å²) in [5, 5.41) is 0.899. The van der Waals surface area contributed by atoms with Crippen molar-refractivity contribution in [3.63, 3.8) is 0 Å². The van der Waals surface area contributed by atoms with Gasteiger partial charge in [0, 0.05) is 0 Å². The van der Waals surface area contributed by atoms with Crippen LogP contribution in [0.15, 0.2) is 24.3 Å². The molecule has 0 aliphatic carbocycles. The van der Waals surface area contributed by atoms with Crippen LogP contribution in [0.5, 0.6) is 0 Å². The normalized spacial score (nSPS) is 13.0. The number of benzene rings is 1. The van der Waals surface area contributed by atoms with Gasteiger partial charge in [-0.05, 0) is 19.1 Å². The first-order valence-electron chi connectivity index (χ1n) is 4.12. The van der Waals surface area contributed by atoms with Crippen molar-refractivity contribution in [2.24, 2.45) is 0 Å². The highest BCUT2D eigenvalue weighted by Crippen LogP contribution is 2.25. The van der Waals surface area contributed by atoms with E-state index in [0.717, 1.165) is 21.5 Å². The van der Waals surface area contributed by atoms with Crippen LogP contribution in [-0.2, 0) is 4.79 Å². The molecule has 1 heterocycles. The monoisotopic (exact) mass is 191 g/mol. The maximum atomic E-state index is 10.5. The molecule has 1 aromatic heterocycles. The first-order valence-corrected chi connectivity index (χ1v) is 4.93. The molecule has 0 spiro atoms. The van der Waals surface area contributed by atoms with Crippen molar-refractivity contribution in [1.29, 1.82) is 0 Å². The van der Waals surface area contributed by atoms with Gasteiger partial charge in [-0.25, -0.2) is 4.98 Å². The molecule has 1 atom stereocenters. The van der Waals surface area contributed by atoms with E-state index in [9.17, 15) is 4.79 Å². The minimum Gasteiger partial charge on any atom is -0.303 e. The Bertz CT molecular complexity index is 402. The number of hydrogen-bond acceptors (Lipinski definition) is 3. The van der Waals surface area contributed by atoms with E-state index in [-0.39, 0.29) is 5.92 Å². The second kappa shape index (κ2) is 3.26. The molecule has 0 amide bonds. The fourth-order valence-electron chi connectivity index (χ4n) is 1.14. The van der Waals surface area contributed by atoms with Gasteiger partial charge in [0.2, 0.25) is 0 Å². The summed E-state index contributed by atoms with van der Waals surface area (Å²) in [6.07, 6.45) is 0.928. The fraction of sp³-hybridized carbons (Fsp3) is 0.200. The third kappa shape index (κ3) is 1.47. The van der Waals surface area contributed by atoms with Gasteiger partial charge in [0.05, 0.1) is 16.1 Å². The Morgan fingerprint density at radius 2 is 2.23 bits per heavy atom. The van der Waals surface area contributed by atoms with Crippen LogP contribution in [0.4, 0.5) is 0 Å². The van der Waals surface area contributed by atoms with Crippen molar-refractivity contribution >= 4 is 27.8 Å². The Kier molecular flexibility index (Phi) is 2.10. The highest BCUT2D eigenvalue weighted by Gasteiger charge is 2.09. The van der Waals surface area contributed by atoms with E-state index < -0.39 is 0 Å². The largest absolute Gasteiger partial charge is 0.303 e. The van der Waals surface area contributed by atoms with E-state index in [4.69, 9.17) is 0 Å². The topological polar surface area (TPSA) is 30.0 Å². The van der Waals surface area contributed by atoms with Gasteiger partial charge in [-0.3, -0.25) is 0 Å². The van der Waals surface area contributed by atoms with Crippen LogP contribution >= 0.6 is 11.3 Å². The summed E-state index contributed by atoms with van der Waals surface area (Å²) in [5.41, 5.74) is 0.983. The van der Waals surface area contributed by atoms with E-state index >= 15 is 0 Å². The molecule has 0 aliphatic heterocycles. The molecular formula is C10H9NOS. The van der Waals surface area contributed by atoms with Crippen molar-refractivity contribution in [3.05, 3.63) is 29.3 Å². The summed E-state index contributed by atoms with van der Waals surface area (Å²) in [4.78, 5) is 14.9. The first-order chi connectivity index (χ1) is 6.31. The maximum absolute atomic E-state index is 10.5. The van der Waals surface area contributed by atoms with E-state index in [1.54, 1.807) is 11.3 Å². The second-order valence-corrected chi connectivity index (χ2v) is 4.01. The number of aromatic nitrogens is 1. The summed E-state index contributed by atoms with van der Waals surface area (Å²) in [5.74, 6) is -0.0857. The number of rotatable bonds is 2. The lowest BCUT2D eigenvalue weighted by atomic mass is 10.2. The third-order valence-corrected chi connectivity index (χ3v) is 3.14. The zero-order chi connectivity index (χ0) is 9.26. The van der Waals surface area contributed by atoms with Crippen molar-refractivity contribution in [1.82, 2.24) is 4.98 Å². The first kappa shape index (κ1) is 8.38. The van der Waals surface area contributed by atoms with Gasteiger partial charge in [-0.1, -0.05) is 12.1 Å². The van der Waals surface area contributed by atoms with E-state index in [0.29, 0.717) is 0 Å². The molecule has 0 N–H and O–H groups in total. The number of para-hydroxylation sites is 1. The molecule has 0 bridgehead atoms. The van der Waals surface area contributed by atoms with Crippen LogP contribution < -0.4 is 0 Å². The summed E-state index contributed by atoms with van der Waals surface area (Å²) in [7, 11) is 0. The molecule has 0 fully saturated rings. The number of carbonyl (C=O) groups is 1. The lowest BCUT2D eigenvalue weighted by Crippen LogP contribution is -1.91. The number of carbonyl (C=O) groups excluding carboxylic acids is 1. The zero-order valence-corrected chi connectivity index (χ0v) is 8.04. The summed E-state index contributed by atoms with van der Waals surface area (Å²) in [6.45, 7) is 1.87. The van der Waals surface area contributed by atoms with Gasteiger partial charge in [0.25, 0.3) is 0 Å². The van der Waals surface area contributed by atoms with Crippen LogP contribution in [0, 0.1) is 0 Å². The molecule has 0 saturated carbocycles. The van der Waals surface area contributed by atoms with E-state index in [2.05, 4.69) is 4.98 Å². The molecule has 2 aromatic rings. The molecule has 66 valence electrons. The predicted molar refractivity (Wildman–Crippen MR) is 54.1 cm³/mol. The Hall–Kier alpha value is -1.22. The van der Waals surface area contributed by atoms with Crippen LogP contribution in [0.3, 0.4) is 0 Å². The molecule has 2 rings (SSSR count). The Balaban J connectivity index is 2.55. The van der Waals surface area contributed by atoms with Gasteiger partial charge in [-0.2, -0.15) is 0 Å². The van der Waals surface area contributed by atoms with Crippen LogP contribution in [0.25, 0.3) is 10.2 Å². The predicted octanol–water partition coefficient (Wildman–Crippen LogP) is 2.60. The van der Waals surface area contributed by atoms with Gasteiger partial charge in [-0.15, -0.1) is 11.3 Å². The number of thiazole rings is 1.